The summed E-state index contributed by atoms with van der Waals surface area (Å²) in [5.41, 5.74) is 4.86. The highest BCUT2D eigenvalue weighted by atomic mass is 32.2. The van der Waals surface area contributed by atoms with E-state index in [1.54, 1.807) is 11.8 Å². The number of nitrogens with zero attached hydrogens (tertiary/aromatic N) is 4. The molecular formula is C23H25N5O2S. The fraction of sp³-hybridized carbons (Fsp3) is 0.261. The Morgan fingerprint density at radius 1 is 1.13 bits per heavy atom. The molecule has 0 aliphatic heterocycles. The van der Waals surface area contributed by atoms with Gasteiger partial charge in [0.1, 0.15) is 5.82 Å². The van der Waals surface area contributed by atoms with Gasteiger partial charge in [-0.25, -0.2) is 9.67 Å². The molecule has 4 rings (SSSR count). The van der Waals surface area contributed by atoms with E-state index in [0.717, 1.165) is 27.6 Å². The number of anilines is 1. The lowest BCUT2D eigenvalue weighted by atomic mass is 10.2. The van der Waals surface area contributed by atoms with Crippen molar-refractivity contribution in [1.82, 2.24) is 19.3 Å². The second-order valence-electron chi connectivity index (χ2n) is 7.28. The van der Waals surface area contributed by atoms with Crippen LogP contribution in [0.2, 0.25) is 0 Å². The molecule has 0 aliphatic rings. The third-order valence-corrected chi connectivity index (χ3v) is 5.82. The zero-order chi connectivity index (χ0) is 21.8. The summed E-state index contributed by atoms with van der Waals surface area (Å²) in [4.78, 5) is 17.4. The average molecular weight is 436 g/mol. The number of rotatable bonds is 8. The highest BCUT2D eigenvalue weighted by molar-refractivity contribution is 7.99. The summed E-state index contributed by atoms with van der Waals surface area (Å²) in [5.74, 6) is 0.789. The molecule has 2 heterocycles. The number of carbonyl (C=O) groups excluding carboxylic acids is 1. The van der Waals surface area contributed by atoms with Crippen molar-refractivity contribution in [2.24, 2.45) is 0 Å². The van der Waals surface area contributed by atoms with Crippen LogP contribution in [0, 0.1) is 13.8 Å². The van der Waals surface area contributed by atoms with Crippen molar-refractivity contribution in [3.8, 4) is 5.69 Å². The van der Waals surface area contributed by atoms with Crippen molar-refractivity contribution in [1.29, 1.82) is 0 Å². The van der Waals surface area contributed by atoms with Crippen LogP contribution in [0.3, 0.4) is 0 Å². The molecule has 0 fully saturated rings. The zero-order valence-corrected chi connectivity index (χ0v) is 18.6. The Labute approximate surface area is 185 Å². The Balaban J connectivity index is 1.49. The van der Waals surface area contributed by atoms with Gasteiger partial charge in [0, 0.05) is 19.7 Å². The van der Waals surface area contributed by atoms with Gasteiger partial charge in [-0.3, -0.25) is 4.79 Å². The molecule has 8 heteroatoms. The fourth-order valence-electron chi connectivity index (χ4n) is 3.34. The monoisotopic (exact) mass is 435 g/mol. The van der Waals surface area contributed by atoms with E-state index in [2.05, 4.69) is 15.0 Å². The molecule has 31 heavy (non-hydrogen) atoms. The van der Waals surface area contributed by atoms with E-state index in [1.807, 2.05) is 68.4 Å². The van der Waals surface area contributed by atoms with Gasteiger partial charge in [0.2, 0.25) is 5.91 Å². The minimum atomic E-state index is -0.108. The third-order valence-electron chi connectivity index (χ3n) is 4.85. The van der Waals surface area contributed by atoms with E-state index in [1.165, 1.54) is 17.3 Å². The quantitative estimate of drug-likeness (QED) is 0.420. The van der Waals surface area contributed by atoms with Crippen molar-refractivity contribution in [2.45, 2.75) is 25.5 Å². The minimum Gasteiger partial charge on any atom is -0.383 e. The first kappa shape index (κ1) is 21.1. The van der Waals surface area contributed by atoms with Gasteiger partial charge in [-0.15, -0.1) is 0 Å². The van der Waals surface area contributed by atoms with Crippen LogP contribution in [-0.2, 0) is 16.1 Å². The summed E-state index contributed by atoms with van der Waals surface area (Å²) < 4.78 is 9.09. The first-order valence-electron chi connectivity index (χ1n) is 10.1. The first-order valence-corrected chi connectivity index (χ1v) is 11.0. The molecule has 0 aliphatic carbocycles. The number of amides is 1. The molecule has 7 nitrogen and oxygen atoms in total. The van der Waals surface area contributed by atoms with E-state index < -0.39 is 0 Å². The van der Waals surface area contributed by atoms with Gasteiger partial charge in [-0.2, -0.15) is 5.10 Å². The number of hydrogen-bond donors (Lipinski definition) is 1. The van der Waals surface area contributed by atoms with Crippen LogP contribution in [-0.4, -0.2) is 44.7 Å². The summed E-state index contributed by atoms with van der Waals surface area (Å²) in [5, 5.41) is 8.32. The molecule has 2 aromatic carbocycles. The maximum Gasteiger partial charge on any atom is 0.236 e. The number of imidazole rings is 1. The summed E-state index contributed by atoms with van der Waals surface area (Å²) in [6, 6.07) is 17.9. The highest BCUT2D eigenvalue weighted by Crippen LogP contribution is 2.25. The lowest BCUT2D eigenvalue weighted by Gasteiger charge is -2.10. The molecule has 0 saturated heterocycles. The number of aromatic nitrogens is 4. The second-order valence-corrected chi connectivity index (χ2v) is 8.23. The van der Waals surface area contributed by atoms with Crippen molar-refractivity contribution >= 4 is 34.5 Å². The number of hydrogen-bond acceptors (Lipinski definition) is 5. The molecule has 2 aromatic heterocycles. The third kappa shape index (κ3) is 4.81. The van der Waals surface area contributed by atoms with Gasteiger partial charge in [-0.1, -0.05) is 41.6 Å². The normalized spacial score (nSPS) is 11.2. The smallest absolute Gasteiger partial charge is 0.236 e. The number of ether oxygens (including phenoxy) is 1. The number of fused-ring (bicyclic) bond motifs is 1. The van der Waals surface area contributed by atoms with Crippen LogP contribution in [0.5, 0.6) is 0 Å². The number of methoxy groups -OCH3 is 1. The van der Waals surface area contributed by atoms with Crippen molar-refractivity contribution in [3.05, 3.63) is 65.9 Å². The lowest BCUT2D eigenvalue weighted by Crippen LogP contribution is -2.17. The Bertz CT molecular complexity index is 1200. The molecule has 1 N–H and O–H groups in total. The molecule has 160 valence electrons. The van der Waals surface area contributed by atoms with E-state index in [-0.39, 0.29) is 11.7 Å². The molecule has 0 bridgehead atoms. The fourth-order valence-corrected chi connectivity index (χ4v) is 4.18. The van der Waals surface area contributed by atoms with Gasteiger partial charge in [0.15, 0.2) is 5.16 Å². The number of aryl methyl sites for hydroxylation is 2. The van der Waals surface area contributed by atoms with Gasteiger partial charge in [-0.05, 0) is 38.1 Å². The van der Waals surface area contributed by atoms with E-state index in [4.69, 9.17) is 9.72 Å². The molecule has 0 unspecified atom stereocenters. The van der Waals surface area contributed by atoms with Crippen LogP contribution in [0.15, 0.2) is 59.8 Å². The Kier molecular flexibility index (Phi) is 6.39. The second kappa shape index (κ2) is 9.36. The van der Waals surface area contributed by atoms with Gasteiger partial charge >= 0.3 is 0 Å². The molecule has 4 aromatic rings. The van der Waals surface area contributed by atoms with E-state index >= 15 is 0 Å². The molecule has 1 amide bonds. The zero-order valence-electron chi connectivity index (χ0n) is 17.8. The van der Waals surface area contributed by atoms with Crippen molar-refractivity contribution in [2.75, 3.05) is 24.8 Å². The van der Waals surface area contributed by atoms with Gasteiger partial charge in [0.25, 0.3) is 0 Å². The summed E-state index contributed by atoms with van der Waals surface area (Å²) in [6.07, 6.45) is 0. The summed E-state index contributed by atoms with van der Waals surface area (Å²) in [6.45, 7) is 5.21. The van der Waals surface area contributed by atoms with E-state index in [0.29, 0.717) is 19.0 Å². The largest absolute Gasteiger partial charge is 0.383 e. The number of carbonyl (C=O) groups is 1. The van der Waals surface area contributed by atoms with Crippen molar-refractivity contribution in [3.63, 3.8) is 0 Å². The van der Waals surface area contributed by atoms with Crippen LogP contribution < -0.4 is 5.32 Å². The molecule has 0 saturated carbocycles. The Morgan fingerprint density at radius 2 is 1.90 bits per heavy atom. The lowest BCUT2D eigenvalue weighted by molar-refractivity contribution is -0.113. The number of benzene rings is 2. The van der Waals surface area contributed by atoms with Crippen LogP contribution in [0.4, 0.5) is 5.82 Å². The first-order chi connectivity index (χ1) is 15.0. The molecule has 0 radical (unpaired) electrons. The van der Waals surface area contributed by atoms with Gasteiger partial charge in [0.05, 0.1) is 34.8 Å². The molecule has 0 atom stereocenters. The molecular weight excluding hydrogens is 410 g/mol. The van der Waals surface area contributed by atoms with Gasteiger partial charge < -0.3 is 14.6 Å². The van der Waals surface area contributed by atoms with Crippen LogP contribution >= 0.6 is 11.8 Å². The topological polar surface area (TPSA) is 74.0 Å². The number of thioether (sulfide) groups is 1. The van der Waals surface area contributed by atoms with E-state index in [9.17, 15) is 4.79 Å². The summed E-state index contributed by atoms with van der Waals surface area (Å²) >= 11 is 1.42. The Hall–Kier alpha value is -3.10. The number of para-hydroxylation sites is 2. The van der Waals surface area contributed by atoms with Crippen molar-refractivity contribution < 1.29 is 9.53 Å². The summed E-state index contributed by atoms with van der Waals surface area (Å²) in [7, 11) is 1.68. The van der Waals surface area contributed by atoms with Crippen LogP contribution in [0.1, 0.15) is 11.3 Å². The molecule has 0 spiro atoms. The minimum absolute atomic E-state index is 0.108. The Morgan fingerprint density at radius 3 is 2.68 bits per heavy atom. The predicted molar refractivity (Wildman–Crippen MR) is 124 cm³/mol. The highest BCUT2D eigenvalue weighted by Gasteiger charge is 2.15. The predicted octanol–water partition coefficient (Wildman–Crippen LogP) is 4.22. The average Bonchev–Trinajstić information content (AvgIpc) is 3.31. The maximum absolute atomic E-state index is 12.7. The SMILES string of the molecule is COCCn1c(SCC(=O)Nc2cc(C)nn2-c2ccc(C)cc2)nc2ccccc21. The van der Waals surface area contributed by atoms with Crippen LogP contribution in [0.25, 0.3) is 16.7 Å². The standard InChI is InChI=1S/C23H25N5O2S/c1-16-8-10-18(11-9-16)28-21(14-17(2)26-28)25-22(29)15-31-23-24-19-6-4-5-7-20(19)27(23)12-13-30-3/h4-11,14H,12-13,15H2,1-3H3,(H,25,29). The maximum atomic E-state index is 12.7. The number of nitrogens with one attached hydrogen (secondary N) is 1.